The summed E-state index contributed by atoms with van der Waals surface area (Å²) >= 11 is 6.15. The van der Waals surface area contributed by atoms with Crippen molar-refractivity contribution in [3.05, 3.63) is 100 Å². The maximum atomic E-state index is 13.1. The molecule has 1 heterocycles. The Hall–Kier alpha value is -3.31. The van der Waals surface area contributed by atoms with Crippen molar-refractivity contribution in [1.29, 1.82) is 0 Å². The van der Waals surface area contributed by atoms with Gasteiger partial charge in [0, 0.05) is 42.5 Å². The zero-order valence-corrected chi connectivity index (χ0v) is 18.8. The van der Waals surface area contributed by atoms with E-state index in [1.54, 1.807) is 23.1 Å². The second-order valence-electron chi connectivity index (χ2n) is 8.02. The van der Waals surface area contributed by atoms with Crippen molar-refractivity contribution < 1.29 is 9.59 Å². The smallest absolute Gasteiger partial charge is 0.324 e. The van der Waals surface area contributed by atoms with E-state index in [0.29, 0.717) is 30.2 Å². The van der Waals surface area contributed by atoms with Crippen molar-refractivity contribution in [2.24, 2.45) is 0 Å². The highest BCUT2D eigenvalue weighted by atomic mass is 35.5. The van der Waals surface area contributed by atoms with Crippen LogP contribution in [0.5, 0.6) is 0 Å². The molecule has 3 aromatic carbocycles. The number of rotatable bonds is 6. The van der Waals surface area contributed by atoms with Gasteiger partial charge in [-0.05, 0) is 54.8 Å². The van der Waals surface area contributed by atoms with E-state index in [1.807, 2.05) is 35.2 Å². The van der Waals surface area contributed by atoms with Gasteiger partial charge in [0.1, 0.15) is 0 Å². The number of hydrogen-bond acceptors (Lipinski definition) is 2. The molecule has 6 heteroatoms. The monoisotopic (exact) mass is 447 g/mol. The molecule has 0 saturated carbocycles. The number of amides is 3. The fourth-order valence-corrected chi connectivity index (χ4v) is 4.00. The summed E-state index contributed by atoms with van der Waals surface area (Å²) in [6, 6.07) is 22.9. The van der Waals surface area contributed by atoms with Crippen LogP contribution in [-0.2, 0) is 13.1 Å². The third kappa shape index (κ3) is 5.11. The molecule has 3 aromatic rings. The quantitative estimate of drug-likeness (QED) is 0.549. The molecule has 5 nitrogen and oxygen atoms in total. The number of nitrogens with zero attached hydrogens (tertiary/aromatic N) is 2. The lowest BCUT2D eigenvalue weighted by atomic mass is 10.1. The van der Waals surface area contributed by atoms with Gasteiger partial charge in [0.2, 0.25) is 0 Å². The summed E-state index contributed by atoms with van der Waals surface area (Å²) in [6.45, 7) is 4.42. The second kappa shape index (κ2) is 9.88. The lowest BCUT2D eigenvalue weighted by Crippen LogP contribution is -2.49. The van der Waals surface area contributed by atoms with Crippen LogP contribution in [0.3, 0.4) is 0 Å². The molecule has 0 aliphatic carbocycles. The number of halogens is 1. The van der Waals surface area contributed by atoms with Gasteiger partial charge in [-0.1, -0.05) is 59.6 Å². The van der Waals surface area contributed by atoms with Crippen molar-refractivity contribution in [2.75, 3.05) is 18.0 Å². The molecule has 1 saturated heterocycles. The lowest BCUT2D eigenvalue weighted by molar-refractivity contribution is 0.0951. The van der Waals surface area contributed by atoms with Crippen molar-refractivity contribution in [1.82, 2.24) is 10.2 Å². The normalized spacial score (nSPS) is 13.9. The zero-order valence-electron chi connectivity index (χ0n) is 18.1. The van der Waals surface area contributed by atoms with E-state index in [4.69, 9.17) is 11.6 Å². The third-order valence-corrected chi connectivity index (χ3v) is 6.01. The number of urea groups is 1. The van der Waals surface area contributed by atoms with Gasteiger partial charge in [-0.2, -0.15) is 0 Å². The highest BCUT2D eigenvalue weighted by Crippen LogP contribution is 2.22. The Bertz CT molecular complexity index is 1100. The summed E-state index contributed by atoms with van der Waals surface area (Å²) in [5, 5.41) is 3.52. The summed E-state index contributed by atoms with van der Waals surface area (Å²) in [7, 11) is 0. The van der Waals surface area contributed by atoms with E-state index < -0.39 is 0 Å². The molecule has 1 N–H and O–H groups in total. The van der Waals surface area contributed by atoms with E-state index in [2.05, 4.69) is 36.5 Å². The fraction of sp³-hybridized carbons (Fsp3) is 0.231. The third-order valence-electron chi connectivity index (χ3n) is 5.64. The van der Waals surface area contributed by atoms with Crippen LogP contribution in [0.15, 0.2) is 72.8 Å². The zero-order chi connectivity index (χ0) is 22.5. The molecule has 0 bridgehead atoms. The lowest BCUT2D eigenvalue weighted by Gasteiger charge is -2.35. The highest BCUT2D eigenvalue weighted by Gasteiger charge is 2.26. The summed E-state index contributed by atoms with van der Waals surface area (Å²) in [5.41, 5.74) is 4.53. The topological polar surface area (TPSA) is 52.6 Å². The molecule has 0 unspecified atom stereocenters. The first-order valence-corrected chi connectivity index (χ1v) is 11.1. The predicted molar refractivity (Wildman–Crippen MR) is 128 cm³/mol. The minimum atomic E-state index is -0.178. The van der Waals surface area contributed by atoms with Gasteiger partial charge in [-0.3, -0.25) is 9.69 Å². The molecule has 0 radical (unpaired) electrons. The first-order valence-electron chi connectivity index (χ1n) is 10.7. The molecule has 0 atom stereocenters. The largest absolute Gasteiger partial charge is 0.348 e. The minimum Gasteiger partial charge on any atom is -0.348 e. The Morgan fingerprint density at radius 1 is 0.969 bits per heavy atom. The predicted octanol–water partition coefficient (Wildman–Crippen LogP) is 5.41. The Balaban J connectivity index is 1.39. The Morgan fingerprint density at radius 2 is 1.69 bits per heavy atom. The second-order valence-corrected chi connectivity index (χ2v) is 8.42. The van der Waals surface area contributed by atoms with Gasteiger partial charge < -0.3 is 10.2 Å². The Labute approximate surface area is 193 Å². The van der Waals surface area contributed by atoms with Crippen LogP contribution in [0.2, 0.25) is 5.02 Å². The summed E-state index contributed by atoms with van der Waals surface area (Å²) in [5.74, 6) is -0.178. The van der Waals surface area contributed by atoms with Crippen LogP contribution in [-0.4, -0.2) is 29.9 Å². The van der Waals surface area contributed by atoms with Gasteiger partial charge >= 0.3 is 6.03 Å². The molecular weight excluding hydrogens is 422 g/mol. The standard InChI is InChI=1S/C26H26ClN3O2/c1-19-7-9-20(10-8-19)18-29-15-4-16-30(26(29)32)23-13-11-21(12-14-23)25(31)28-17-22-5-2-3-6-24(22)27/h2-3,5-14H,4,15-18H2,1H3,(H,28,31). The van der Waals surface area contributed by atoms with Gasteiger partial charge in [0.25, 0.3) is 5.91 Å². The van der Waals surface area contributed by atoms with E-state index in [9.17, 15) is 9.59 Å². The SMILES string of the molecule is Cc1ccc(CN2CCCN(c3ccc(C(=O)NCc4ccccc4Cl)cc3)C2=O)cc1. The summed E-state index contributed by atoms with van der Waals surface area (Å²) in [6.07, 6.45) is 0.900. The maximum Gasteiger partial charge on any atom is 0.324 e. The molecule has 0 spiro atoms. The van der Waals surface area contributed by atoms with Crippen molar-refractivity contribution in [3.8, 4) is 0 Å². The number of nitrogens with one attached hydrogen (secondary N) is 1. The maximum absolute atomic E-state index is 13.1. The number of hydrogen-bond donors (Lipinski definition) is 1. The molecule has 1 aliphatic rings. The molecule has 3 amide bonds. The molecule has 1 fully saturated rings. The number of carbonyl (C=O) groups is 2. The Kier molecular flexibility index (Phi) is 6.76. The average Bonchev–Trinajstić information content (AvgIpc) is 2.81. The van der Waals surface area contributed by atoms with Crippen LogP contribution in [0.4, 0.5) is 10.5 Å². The first kappa shape index (κ1) is 21.9. The fourth-order valence-electron chi connectivity index (χ4n) is 3.79. The van der Waals surface area contributed by atoms with Crippen LogP contribution in [0, 0.1) is 6.92 Å². The number of aryl methyl sites for hydroxylation is 1. The number of carbonyl (C=O) groups excluding carboxylic acids is 2. The highest BCUT2D eigenvalue weighted by molar-refractivity contribution is 6.31. The molecule has 4 rings (SSSR count). The van der Waals surface area contributed by atoms with Gasteiger partial charge in [0.15, 0.2) is 0 Å². The van der Waals surface area contributed by atoms with Gasteiger partial charge in [-0.25, -0.2) is 4.79 Å². The van der Waals surface area contributed by atoms with Crippen molar-refractivity contribution in [2.45, 2.75) is 26.4 Å². The number of anilines is 1. The van der Waals surface area contributed by atoms with E-state index >= 15 is 0 Å². The van der Waals surface area contributed by atoms with Crippen molar-refractivity contribution in [3.63, 3.8) is 0 Å². The first-order chi connectivity index (χ1) is 15.5. The number of benzene rings is 3. The summed E-state index contributed by atoms with van der Waals surface area (Å²) in [4.78, 5) is 29.2. The van der Waals surface area contributed by atoms with E-state index in [0.717, 1.165) is 29.8 Å². The van der Waals surface area contributed by atoms with Crippen LogP contribution >= 0.6 is 11.6 Å². The van der Waals surface area contributed by atoms with Crippen molar-refractivity contribution >= 4 is 29.2 Å². The van der Waals surface area contributed by atoms with Gasteiger partial charge in [-0.15, -0.1) is 0 Å². The molecule has 0 aromatic heterocycles. The molecule has 164 valence electrons. The van der Waals surface area contributed by atoms with Crippen LogP contribution in [0.1, 0.15) is 33.5 Å². The average molecular weight is 448 g/mol. The van der Waals surface area contributed by atoms with Crippen LogP contribution < -0.4 is 10.2 Å². The summed E-state index contributed by atoms with van der Waals surface area (Å²) < 4.78 is 0. The molecule has 32 heavy (non-hydrogen) atoms. The van der Waals surface area contributed by atoms with Gasteiger partial charge in [0.05, 0.1) is 0 Å². The van der Waals surface area contributed by atoms with Crippen LogP contribution in [0.25, 0.3) is 0 Å². The van der Waals surface area contributed by atoms with E-state index in [1.165, 1.54) is 5.56 Å². The minimum absolute atomic E-state index is 0.00672. The Morgan fingerprint density at radius 3 is 2.41 bits per heavy atom. The molecule has 1 aliphatic heterocycles. The van der Waals surface area contributed by atoms with E-state index in [-0.39, 0.29) is 11.9 Å². The molecular formula is C26H26ClN3O2.